The summed E-state index contributed by atoms with van der Waals surface area (Å²) in [6.45, 7) is 18.9. The molecule has 0 aliphatic carbocycles. The van der Waals surface area contributed by atoms with E-state index in [1.165, 1.54) is 0 Å². The first-order valence-corrected chi connectivity index (χ1v) is 35.3. The number of hydrogen-bond acceptors (Lipinski definition) is 22. The van der Waals surface area contributed by atoms with E-state index in [1.54, 1.807) is 49.2 Å². The minimum absolute atomic E-state index is 0.00741. The van der Waals surface area contributed by atoms with Crippen molar-refractivity contribution in [3.05, 3.63) is 108 Å². The Labute approximate surface area is 572 Å². The van der Waals surface area contributed by atoms with Crippen molar-refractivity contribution in [2.24, 2.45) is 23.7 Å². The number of carbonyl (C=O) groups is 6. The number of nitrogens with one attached hydrogen (secondary N) is 2. The number of hydrogen-bond donors (Lipinski definition) is 2. The number of benzene rings is 3. The van der Waals surface area contributed by atoms with E-state index in [9.17, 15) is 28.8 Å². The summed E-state index contributed by atoms with van der Waals surface area (Å²) in [4.78, 5) is 85.4. The number of ketones is 3. The van der Waals surface area contributed by atoms with E-state index < -0.39 is 57.4 Å². The van der Waals surface area contributed by atoms with E-state index in [4.69, 9.17) is 65.1 Å². The van der Waals surface area contributed by atoms with E-state index in [-0.39, 0.29) is 72.8 Å². The Bertz CT molecular complexity index is 3030. The van der Waals surface area contributed by atoms with Crippen molar-refractivity contribution in [3.63, 3.8) is 0 Å². The largest absolute Gasteiger partial charge is 0.748 e. The second-order valence-electron chi connectivity index (χ2n) is 25.3. The van der Waals surface area contributed by atoms with Crippen LogP contribution in [0.25, 0.3) is 11.3 Å². The molecule has 2 fully saturated rings. The predicted octanol–water partition coefficient (Wildman–Crippen LogP) is 5.28. The molecular formula is C70H104N6O20S. The molecule has 26 nitrogen and oxygen atoms in total. The summed E-state index contributed by atoms with van der Waals surface area (Å²) in [6, 6.07) is 24.3. The van der Waals surface area contributed by atoms with E-state index in [0.717, 1.165) is 16.7 Å². The van der Waals surface area contributed by atoms with Gasteiger partial charge in [0.15, 0.2) is 17.3 Å². The molecule has 3 aromatic carbocycles. The molecule has 0 radical (unpaired) electrons. The number of esters is 1. The van der Waals surface area contributed by atoms with Crippen LogP contribution in [0.1, 0.15) is 88.2 Å². The lowest BCUT2D eigenvalue weighted by molar-refractivity contribution is -0.943. The molecule has 0 saturated carbocycles. The second-order valence-corrected chi connectivity index (χ2v) is 26.7. The zero-order chi connectivity index (χ0) is 70.3. The molecule has 2 N–H and O–H groups in total. The van der Waals surface area contributed by atoms with E-state index in [2.05, 4.69) is 20.9 Å². The maximum Gasteiger partial charge on any atom is 0.342 e. The van der Waals surface area contributed by atoms with Crippen molar-refractivity contribution in [1.29, 1.82) is 0 Å². The van der Waals surface area contributed by atoms with Gasteiger partial charge >= 0.3 is 5.97 Å². The minimum atomic E-state index is -3.92. The SMILES string of the molecule is COCCOCCOCCOCCOCCOCCOCCOCCn1cc(-c2ccc(C(=O)OC[N+]3(CC(=O)C[C@@H](CCc4ccccc4)C(=O)N[C@@H](CC(C)C)C(=O)C[C@@H](Cc4ccccc4)C(=O)N[C@@H](CC(C)C)C(=O)[C@@]4(C)CO4)CCOCC3)cc2)nn1.CS(=O)(=O)[O-]. The van der Waals surface area contributed by atoms with Crippen LogP contribution < -0.4 is 10.6 Å². The number of methoxy groups -OCH3 is 1. The van der Waals surface area contributed by atoms with Crippen LogP contribution in [-0.2, 0) is 106 Å². The van der Waals surface area contributed by atoms with Gasteiger partial charge in [0.2, 0.25) is 18.5 Å². The molecule has 27 heteroatoms. The number of Topliss-reactive ketones (excluding diaryl/α,β-unsaturated/α-hetero) is 3. The third-order valence-electron chi connectivity index (χ3n) is 15.9. The topological polar surface area (TPSA) is 319 Å². The number of morpholine rings is 1. The van der Waals surface area contributed by atoms with Crippen LogP contribution in [0.3, 0.4) is 0 Å². The molecule has 97 heavy (non-hydrogen) atoms. The molecule has 0 spiro atoms. The van der Waals surface area contributed by atoms with Gasteiger partial charge in [-0.05, 0) is 74.1 Å². The molecule has 5 atom stereocenters. The molecule has 0 bridgehead atoms. The van der Waals surface area contributed by atoms with Gasteiger partial charge in [0, 0.05) is 43.6 Å². The summed E-state index contributed by atoms with van der Waals surface area (Å²) in [5, 5.41) is 14.6. The van der Waals surface area contributed by atoms with Crippen molar-refractivity contribution >= 4 is 45.3 Å². The normalized spacial score (nSPS) is 16.4. The highest BCUT2D eigenvalue weighted by Crippen LogP contribution is 2.30. The van der Waals surface area contributed by atoms with Gasteiger partial charge in [-0.2, -0.15) is 0 Å². The fourth-order valence-electron chi connectivity index (χ4n) is 10.6. The quantitative estimate of drug-likeness (QED) is 0.0187. The van der Waals surface area contributed by atoms with Gasteiger partial charge in [-0.15, -0.1) is 5.10 Å². The molecule has 0 unspecified atom stereocenters. The summed E-state index contributed by atoms with van der Waals surface area (Å²) in [7, 11) is -2.28. The van der Waals surface area contributed by atoms with Gasteiger partial charge in [-0.3, -0.25) is 28.5 Å². The monoisotopic (exact) mass is 1380 g/mol. The molecule has 2 saturated heterocycles. The third-order valence-corrected chi connectivity index (χ3v) is 15.9. The summed E-state index contributed by atoms with van der Waals surface area (Å²) in [5.41, 5.74) is 2.58. The van der Waals surface area contributed by atoms with Crippen LogP contribution in [0.2, 0.25) is 0 Å². The molecule has 2 aliphatic heterocycles. The number of nitrogens with zero attached hydrogens (tertiary/aromatic N) is 4. The van der Waals surface area contributed by atoms with Gasteiger partial charge < -0.3 is 67.3 Å². The van der Waals surface area contributed by atoms with Gasteiger partial charge in [0.25, 0.3) is 0 Å². The number of aryl methyl sites for hydroxylation is 1. The smallest absolute Gasteiger partial charge is 0.342 e. The summed E-state index contributed by atoms with van der Waals surface area (Å²) in [6.07, 6.45) is 3.89. The van der Waals surface area contributed by atoms with Crippen molar-refractivity contribution in [2.45, 2.75) is 104 Å². The van der Waals surface area contributed by atoms with Gasteiger partial charge in [0.1, 0.15) is 30.9 Å². The lowest BCUT2D eigenvalue weighted by atomic mass is 9.87. The zero-order valence-electron chi connectivity index (χ0n) is 57.7. The van der Waals surface area contributed by atoms with Crippen molar-refractivity contribution in [1.82, 2.24) is 25.6 Å². The summed E-state index contributed by atoms with van der Waals surface area (Å²) in [5.74, 6) is -3.68. The van der Waals surface area contributed by atoms with E-state index in [1.807, 2.05) is 88.4 Å². The Balaban J connectivity index is 0.00000327. The molecule has 1 aromatic heterocycles. The van der Waals surface area contributed by atoms with Crippen LogP contribution >= 0.6 is 0 Å². The maximum absolute atomic E-state index is 14.7. The first-order valence-electron chi connectivity index (χ1n) is 33.5. The Morgan fingerprint density at radius 2 is 1.12 bits per heavy atom. The number of carbonyl (C=O) groups excluding carboxylic acids is 6. The highest BCUT2D eigenvalue weighted by molar-refractivity contribution is 7.84. The molecule has 2 amide bonds. The average molecular weight is 1380 g/mol. The lowest BCUT2D eigenvalue weighted by Crippen LogP contribution is -2.59. The molecule has 6 rings (SSSR count). The van der Waals surface area contributed by atoms with Crippen LogP contribution in [0, 0.1) is 23.7 Å². The fourth-order valence-corrected chi connectivity index (χ4v) is 10.6. The van der Waals surface area contributed by atoms with E-state index in [0.29, 0.717) is 175 Å². The Morgan fingerprint density at radius 1 is 0.649 bits per heavy atom. The Kier molecular flexibility index (Phi) is 37.5. The van der Waals surface area contributed by atoms with Gasteiger partial charge in [0.05, 0.1) is 159 Å². The molecule has 540 valence electrons. The van der Waals surface area contributed by atoms with E-state index >= 15 is 0 Å². The standard InChI is InChI=1S/C69H100N6O17.CH4O3S/c1-52(2)43-61(64(77)47-59(45-55-15-11-8-12-16-55)67(80)71-62(44-53(3)4)65(78)69(5)50-92-69)70-66(79)58(18-17-54-13-9-7-10-14-54)46-60(76)49-75(24-27-84-28-25-75)51-91-68(81)57-21-19-56(20-22-57)63-48-74(73-72-63)23-26-83-31-32-86-35-36-88-39-40-90-42-41-89-38-37-87-34-33-85-30-29-82-6;1-5(2,3)4/h7-16,19-22,48,52-53,58-59,61-62H,17-18,23-47,49-51H2,1-6H3,(H-,70,71,79,80);1H3,(H,2,3,4)/t58-,59-,61+,62+,69-;/m1./s1. The van der Waals surface area contributed by atoms with Crippen LogP contribution in [-0.4, -0.2) is 244 Å². The highest BCUT2D eigenvalue weighted by atomic mass is 32.2. The minimum Gasteiger partial charge on any atom is -0.748 e. The van der Waals surface area contributed by atoms with Crippen LogP contribution in [0.15, 0.2) is 91.1 Å². The van der Waals surface area contributed by atoms with Crippen LogP contribution in [0.4, 0.5) is 0 Å². The number of quaternary nitrogens is 1. The first kappa shape index (κ1) is 81.4. The van der Waals surface area contributed by atoms with Crippen molar-refractivity contribution in [3.8, 4) is 11.3 Å². The number of amides is 2. The first-order chi connectivity index (χ1) is 46.5. The van der Waals surface area contributed by atoms with Gasteiger partial charge in [-0.1, -0.05) is 106 Å². The number of rotatable bonds is 50. The number of aromatic nitrogens is 3. The van der Waals surface area contributed by atoms with Gasteiger partial charge in [-0.25, -0.2) is 17.9 Å². The molecule has 2 aliphatic rings. The van der Waals surface area contributed by atoms with Crippen molar-refractivity contribution < 1.29 is 98.3 Å². The molecule has 4 aromatic rings. The number of epoxide rings is 1. The molecule has 3 heterocycles. The van der Waals surface area contributed by atoms with Crippen LogP contribution in [0.5, 0.6) is 0 Å². The lowest BCUT2D eigenvalue weighted by Gasteiger charge is -2.39. The predicted molar refractivity (Wildman–Crippen MR) is 358 cm³/mol. The second kappa shape index (κ2) is 44.7. The number of ether oxygens (including phenoxy) is 11. The summed E-state index contributed by atoms with van der Waals surface area (Å²) < 4.78 is 89.8. The Hall–Kier alpha value is -6.31. The Morgan fingerprint density at radius 3 is 1.63 bits per heavy atom. The maximum atomic E-state index is 14.7. The zero-order valence-corrected chi connectivity index (χ0v) is 58.5. The van der Waals surface area contributed by atoms with Crippen molar-refractivity contribution in [2.75, 3.05) is 159 Å². The summed E-state index contributed by atoms with van der Waals surface area (Å²) >= 11 is 0. The molecular weight excluding hydrogens is 1280 g/mol. The average Bonchev–Trinajstić information content (AvgIpc) is 1.67. The highest BCUT2D eigenvalue weighted by Gasteiger charge is 2.50. The fraction of sp³-hybridized carbons (Fsp3) is 0.629. The third kappa shape index (κ3) is 33.9.